The number of nitrogens with two attached hydrogens (primary N) is 1. The van der Waals surface area contributed by atoms with Crippen LogP contribution in [-0.4, -0.2) is 33.6 Å². The molecule has 9 nitrogen and oxygen atoms in total. The first-order valence-corrected chi connectivity index (χ1v) is 10.5. The van der Waals surface area contributed by atoms with Gasteiger partial charge in [-0.3, -0.25) is 19.7 Å². The number of nitrogens with zero attached hydrogens (tertiary/aromatic N) is 5. The third kappa shape index (κ3) is 4.77. The van der Waals surface area contributed by atoms with Gasteiger partial charge in [0.05, 0.1) is 12.2 Å². The fourth-order valence-electron chi connectivity index (χ4n) is 3.60. The summed E-state index contributed by atoms with van der Waals surface area (Å²) in [6.07, 6.45) is 1.67. The molecule has 0 unspecified atom stereocenters. The highest BCUT2D eigenvalue weighted by atomic mass is 19.1. The molecule has 0 aliphatic rings. The summed E-state index contributed by atoms with van der Waals surface area (Å²) in [5.41, 5.74) is 6.55. The monoisotopic (exact) mass is 474 g/mol. The molecule has 176 valence electrons. The van der Waals surface area contributed by atoms with Crippen LogP contribution in [0.5, 0.6) is 0 Å². The summed E-state index contributed by atoms with van der Waals surface area (Å²) in [5, 5.41) is 14.2. The molecule has 2 heterocycles. The molecule has 2 aromatic heterocycles. The van der Waals surface area contributed by atoms with Crippen LogP contribution in [0.4, 0.5) is 14.7 Å². The van der Waals surface area contributed by atoms with E-state index in [1.54, 1.807) is 6.19 Å². The standard InChI is InChI=1S/C24H20F2N8O/c1-14-5-2-3-6-15(14)20-16-9-10-19(35)34(21-17(25)7-4-8-18(21)26)22(16)33-24(32-20)30-12-11-29-23(28)31-13-27/h2-10H,11-12H2,1H3,(H3,28,29,31)(H,30,32,33). The first kappa shape index (κ1) is 23.3. The maximum absolute atomic E-state index is 14.7. The number of halogens is 2. The molecule has 0 fully saturated rings. The van der Waals surface area contributed by atoms with Crippen molar-refractivity contribution in [1.82, 2.24) is 19.9 Å². The summed E-state index contributed by atoms with van der Waals surface area (Å²) < 4.78 is 30.3. The van der Waals surface area contributed by atoms with E-state index in [-0.39, 0.29) is 30.6 Å². The summed E-state index contributed by atoms with van der Waals surface area (Å²) >= 11 is 0. The molecule has 0 amide bonds. The number of hydrogen-bond donors (Lipinski definition) is 3. The summed E-state index contributed by atoms with van der Waals surface area (Å²) in [4.78, 5) is 25.9. The van der Waals surface area contributed by atoms with Gasteiger partial charge >= 0.3 is 0 Å². The van der Waals surface area contributed by atoms with Crippen LogP contribution in [0.25, 0.3) is 28.0 Å². The number of para-hydroxylation sites is 1. The second-order valence-electron chi connectivity index (χ2n) is 7.46. The lowest BCUT2D eigenvalue weighted by atomic mass is 10.0. The normalized spacial score (nSPS) is 11.3. The van der Waals surface area contributed by atoms with Gasteiger partial charge in [-0.15, -0.1) is 0 Å². The van der Waals surface area contributed by atoms with Gasteiger partial charge in [-0.1, -0.05) is 30.3 Å². The van der Waals surface area contributed by atoms with E-state index in [4.69, 9.17) is 11.0 Å². The highest BCUT2D eigenvalue weighted by Crippen LogP contribution is 2.30. The fourth-order valence-corrected chi connectivity index (χ4v) is 3.60. The summed E-state index contributed by atoms with van der Waals surface area (Å²) in [6, 6.07) is 13.6. The molecule has 11 heteroatoms. The van der Waals surface area contributed by atoms with Crippen LogP contribution in [0.15, 0.2) is 64.4 Å². The van der Waals surface area contributed by atoms with E-state index in [2.05, 4.69) is 25.6 Å². The van der Waals surface area contributed by atoms with Gasteiger partial charge in [-0.05, 0) is 30.7 Å². The number of anilines is 1. The van der Waals surface area contributed by atoms with E-state index in [1.165, 1.54) is 18.2 Å². The van der Waals surface area contributed by atoms with Crippen molar-refractivity contribution in [3.05, 3.63) is 82.1 Å². The van der Waals surface area contributed by atoms with E-state index < -0.39 is 22.9 Å². The Hall–Kier alpha value is -4.85. The number of guanidine groups is 1. The van der Waals surface area contributed by atoms with Gasteiger partial charge in [-0.2, -0.15) is 10.2 Å². The van der Waals surface area contributed by atoms with Crippen molar-refractivity contribution in [2.75, 3.05) is 18.4 Å². The lowest BCUT2D eigenvalue weighted by Crippen LogP contribution is -2.28. The maximum Gasteiger partial charge on any atom is 0.256 e. The van der Waals surface area contributed by atoms with Crippen molar-refractivity contribution >= 4 is 22.9 Å². The number of aliphatic imine (C=N–C) groups is 1. The zero-order valence-electron chi connectivity index (χ0n) is 18.6. The Balaban J connectivity index is 1.92. The number of pyridine rings is 1. The van der Waals surface area contributed by atoms with Gasteiger partial charge in [0, 0.05) is 23.6 Å². The third-order valence-electron chi connectivity index (χ3n) is 5.17. The molecule has 4 N–H and O–H groups in total. The average molecular weight is 474 g/mol. The third-order valence-corrected chi connectivity index (χ3v) is 5.17. The van der Waals surface area contributed by atoms with Crippen LogP contribution in [0.1, 0.15) is 5.56 Å². The quantitative estimate of drug-likeness (QED) is 0.129. The lowest BCUT2D eigenvalue weighted by Gasteiger charge is -2.16. The number of aromatic nitrogens is 3. The van der Waals surface area contributed by atoms with Crippen LogP contribution in [0.2, 0.25) is 0 Å². The minimum absolute atomic E-state index is 0.0337. The van der Waals surface area contributed by atoms with Crippen molar-refractivity contribution < 1.29 is 8.78 Å². The molecular formula is C24H20F2N8O. The second kappa shape index (κ2) is 9.96. The number of nitrogens with one attached hydrogen (secondary N) is 2. The molecule has 2 aromatic carbocycles. The molecule has 35 heavy (non-hydrogen) atoms. The van der Waals surface area contributed by atoms with Crippen LogP contribution >= 0.6 is 0 Å². The molecular weight excluding hydrogens is 454 g/mol. The summed E-state index contributed by atoms with van der Waals surface area (Å²) in [5.74, 6) is -1.73. The van der Waals surface area contributed by atoms with Crippen molar-refractivity contribution in [2.45, 2.75) is 6.92 Å². The summed E-state index contributed by atoms with van der Waals surface area (Å²) in [6.45, 7) is 2.32. The highest BCUT2D eigenvalue weighted by molar-refractivity contribution is 5.93. The number of hydrogen-bond acceptors (Lipinski definition) is 6. The van der Waals surface area contributed by atoms with Crippen LogP contribution in [0, 0.1) is 30.0 Å². The zero-order chi connectivity index (χ0) is 24.9. The lowest BCUT2D eigenvalue weighted by molar-refractivity contribution is 0.568. The molecule has 0 aliphatic heterocycles. The van der Waals surface area contributed by atoms with E-state index in [1.807, 2.05) is 31.2 Å². The van der Waals surface area contributed by atoms with Gasteiger partial charge < -0.3 is 11.1 Å². The van der Waals surface area contributed by atoms with Gasteiger partial charge in [0.1, 0.15) is 17.3 Å². The van der Waals surface area contributed by atoms with Crippen molar-refractivity contribution in [2.24, 2.45) is 10.7 Å². The first-order valence-electron chi connectivity index (χ1n) is 10.5. The molecule has 0 radical (unpaired) electrons. The fraction of sp³-hybridized carbons (Fsp3) is 0.125. The predicted molar refractivity (Wildman–Crippen MR) is 129 cm³/mol. The number of benzene rings is 2. The second-order valence-corrected chi connectivity index (χ2v) is 7.46. The Morgan fingerprint density at radius 1 is 1.11 bits per heavy atom. The largest absolute Gasteiger partial charge is 0.369 e. The first-order chi connectivity index (χ1) is 16.9. The molecule has 4 rings (SSSR count). The summed E-state index contributed by atoms with van der Waals surface area (Å²) in [7, 11) is 0. The van der Waals surface area contributed by atoms with Gasteiger partial charge in [0.2, 0.25) is 11.9 Å². The Kier molecular flexibility index (Phi) is 6.64. The van der Waals surface area contributed by atoms with E-state index in [9.17, 15) is 13.6 Å². The van der Waals surface area contributed by atoms with Crippen LogP contribution < -0.4 is 21.9 Å². The Bertz CT molecular complexity index is 1520. The van der Waals surface area contributed by atoms with Gasteiger partial charge in [0.15, 0.2) is 11.8 Å². The Morgan fingerprint density at radius 2 is 1.86 bits per heavy atom. The number of aryl methyl sites for hydroxylation is 1. The predicted octanol–water partition coefficient (Wildman–Crippen LogP) is 2.83. The van der Waals surface area contributed by atoms with Crippen LogP contribution in [0.3, 0.4) is 0 Å². The van der Waals surface area contributed by atoms with Crippen LogP contribution in [-0.2, 0) is 0 Å². The van der Waals surface area contributed by atoms with E-state index >= 15 is 0 Å². The topological polar surface area (TPSA) is 134 Å². The molecule has 0 saturated carbocycles. The zero-order valence-corrected chi connectivity index (χ0v) is 18.6. The maximum atomic E-state index is 14.7. The number of nitriles is 1. The minimum Gasteiger partial charge on any atom is -0.369 e. The minimum atomic E-state index is -0.903. The number of fused-ring (bicyclic) bond motifs is 1. The van der Waals surface area contributed by atoms with Gasteiger partial charge in [-0.25, -0.2) is 13.8 Å². The number of rotatable bonds is 6. The Morgan fingerprint density at radius 3 is 2.57 bits per heavy atom. The molecule has 0 aliphatic carbocycles. The van der Waals surface area contributed by atoms with Gasteiger partial charge in [0.25, 0.3) is 5.56 Å². The van der Waals surface area contributed by atoms with Crippen molar-refractivity contribution in [3.8, 4) is 23.1 Å². The van der Waals surface area contributed by atoms with Crippen molar-refractivity contribution in [3.63, 3.8) is 0 Å². The highest BCUT2D eigenvalue weighted by Gasteiger charge is 2.20. The molecule has 0 saturated heterocycles. The average Bonchev–Trinajstić information content (AvgIpc) is 2.83. The Labute approximate surface area is 198 Å². The molecule has 0 spiro atoms. The smallest absolute Gasteiger partial charge is 0.256 e. The van der Waals surface area contributed by atoms with E-state index in [0.717, 1.165) is 27.8 Å². The molecule has 0 bridgehead atoms. The molecule has 4 aromatic rings. The molecule has 0 atom stereocenters. The SMILES string of the molecule is Cc1ccccc1-c1nc(NCCN=C(N)NC#N)nc2c1ccc(=O)n2-c1c(F)cccc1F. The van der Waals surface area contributed by atoms with Crippen molar-refractivity contribution in [1.29, 1.82) is 5.26 Å². The van der Waals surface area contributed by atoms with E-state index in [0.29, 0.717) is 11.1 Å².